The van der Waals surface area contributed by atoms with E-state index in [1.54, 1.807) is 6.08 Å². The summed E-state index contributed by atoms with van der Waals surface area (Å²) in [7, 11) is 3.68. The molecule has 67 heavy (non-hydrogen) atoms. The lowest BCUT2D eigenvalue weighted by Gasteiger charge is -2.18. The lowest BCUT2D eigenvalue weighted by Crippen LogP contribution is -2.21. The van der Waals surface area contributed by atoms with Crippen molar-refractivity contribution in [2.45, 2.75) is 182 Å². The van der Waals surface area contributed by atoms with Crippen molar-refractivity contribution < 1.29 is 20.5 Å². The molecule has 4 nitrogen and oxygen atoms in total. The Bertz CT molecular complexity index is 2110. The SMILES string of the molecule is C=Cc1ccc(SC(=O)OC(C)(C)C)cc1.CCC(C)c1ccc(S)cc1.CCC(C)c1ccc(SC(=O)OC(C)(C)C)cc1.CCC(C)c1ccc(SSc2ccc(C(C)CC)cc2)cc1.[2HH]. The summed E-state index contributed by atoms with van der Waals surface area (Å²) >= 11 is 6.46. The summed E-state index contributed by atoms with van der Waals surface area (Å²) in [6.07, 6.45) is 6.49. The van der Waals surface area contributed by atoms with E-state index in [9.17, 15) is 9.59 Å². The van der Waals surface area contributed by atoms with Gasteiger partial charge in [-0.25, -0.2) is 9.59 Å². The maximum Gasteiger partial charge on any atom is 0.372 e. The fourth-order valence-corrected chi connectivity index (χ4v) is 9.41. The summed E-state index contributed by atoms with van der Waals surface area (Å²) in [6.45, 7) is 32.7. The molecule has 0 heterocycles. The molecule has 5 aromatic carbocycles. The van der Waals surface area contributed by atoms with Crippen molar-refractivity contribution in [2.24, 2.45) is 0 Å². The molecule has 0 saturated carbocycles. The highest BCUT2D eigenvalue weighted by molar-refractivity contribution is 8.76. The summed E-state index contributed by atoms with van der Waals surface area (Å²) in [5, 5.41) is -0.530. The molecule has 5 rings (SSSR count). The summed E-state index contributed by atoms with van der Waals surface area (Å²) < 4.78 is 10.5. The molecule has 0 aromatic heterocycles. The third kappa shape index (κ3) is 25.1. The van der Waals surface area contributed by atoms with Crippen LogP contribution in [0.4, 0.5) is 9.59 Å². The average molecular weight is 1000 g/mol. The monoisotopic (exact) mass is 1000 g/mol. The first-order valence-electron chi connectivity index (χ1n) is 23.6. The summed E-state index contributed by atoms with van der Waals surface area (Å²) in [6, 6.07) is 42.2. The Morgan fingerprint density at radius 1 is 0.493 bits per heavy atom. The molecule has 0 amide bonds. The van der Waals surface area contributed by atoms with Gasteiger partial charge in [-0.1, -0.05) is 150 Å². The van der Waals surface area contributed by atoms with E-state index in [-0.39, 0.29) is 12.0 Å². The number of carbonyl (C=O) groups is 2. The van der Waals surface area contributed by atoms with Crippen LogP contribution >= 0.6 is 57.7 Å². The number of thioether (sulfide) groups is 2. The molecule has 366 valence electrons. The topological polar surface area (TPSA) is 52.6 Å². The zero-order valence-corrected chi connectivity index (χ0v) is 46.8. The lowest BCUT2D eigenvalue weighted by atomic mass is 9.99. The minimum absolute atomic E-state index is 0. The molecular formula is C58H80O4S5. The minimum atomic E-state index is -0.439. The van der Waals surface area contributed by atoms with E-state index in [1.807, 2.05) is 112 Å². The number of hydrogen-bond donors (Lipinski definition) is 1. The first-order valence-corrected chi connectivity index (χ1v) is 27.8. The molecule has 0 aliphatic carbocycles. The number of carbonyl (C=O) groups excluding carboxylic acids is 2. The van der Waals surface area contributed by atoms with Gasteiger partial charge in [0.15, 0.2) is 0 Å². The van der Waals surface area contributed by atoms with Gasteiger partial charge in [0, 0.05) is 25.9 Å². The highest BCUT2D eigenvalue weighted by Crippen LogP contribution is 2.38. The van der Waals surface area contributed by atoms with Gasteiger partial charge in [-0.3, -0.25) is 0 Å². The van der Waals surface area contributed by atoms with E-state index in [0.717, 1.165) is 50.2 Å². The summed E-state index contributed by atoms with van der Waals surface area (Å²) in [5.74, 6) is 2.54. The maximum atomic E-state index is 11.6. The van der Waals surface area contributed by atoms with E-state index in [0.29, 0.717) is 23.7 Å². The van der Waals surface area contributed by atoms with Gasteiger partial charge in [-0.05, 0) is 203 Å². The van der Waals surface area contributed by atoms with Crippen LogP contribution in [0.5, 0.6) is 0 Å². The molecule has 0 N–H and O–H groups in total. The van der Waals surface area contributed by atoms with Crippen LogP contribution in [0.3, 0.4) is 0 Å². The number of benzene rings is 5. The van der Waals surface area contributed by atoms with E-state index in [1.165, 1.54) is 51.3 Å². The molecule has 9 heteroatoms. The second kappa shape index (κ2) is 30.9. The largest absolute Gasteiger partial charge is 0.452 e. The number of ether oxygens (including phenoxy) is 2. The van der Waals surface area contributed by atoms with Crippen LogP contribution in [0, 0.1) is 0 Å². The van der Waals surface area contributed by atoms with Gasteiger partial charge in [0.05, 0.1) is 0 Å². The smallest absolute Gasteiger partial charge is 0.372 e. The predicted molar refractivity (Wildman–Crippen MR) is 302 cm³/mol. The molecular weight excluding hydrogens is 921 g/mol. The number of thiol groups is 1. The lowest BCUT2D eigenvalue weighted by molar-refractivity contribution is 0.0727. The highest BCUT2D eigenvalue weighted by Gasteiger charge is 2.18. The molecule has 0 radical (unpaired) electrons. The third-order valence-corrected chi connectivity index (χ3v) is 15.0. The normalized spacial score (nSPS) is 12.8. The van der Waals surface area contributed by atoms with Crippen LogP contribution in [0.1, 0.15) is 176 Å². The van der Waals surface area contributed by atoms with Crippen molar-refractivity contribution in [2.75, 3.05) is 0 Å². The molecule has 5 aromatic rings. The average Bonchev–Trinajstić information content (AvgIpc) is 3.30. The molecule has 0 aliphatic rings. The zero-order valence-electron chi connectivity index (χ0n) is 42.7. The van der Waals surface area contributed by atoms with Crippen molar-refractivity contribution in [1.82, 2.24) is 0 Å². The molecule has 0 spiro atoms. The van der Waals surface area contributed by atoms with Gasteiger partial charge in [0.2, 0.25) is 0 Å². The van der Waals surface area contributed by atoms with Gasteiger partial charge in [-0.15, -0.1) is 12.6 Å². The Morgan fingerprint density at radius 2 is 0.746 bits per heavy atom. The second-order valence-electron chi connectivity index (χ2n) is 18.6. The number of rotatable bonds is 14. The van der Waals surface area contributed by atoms with Crippen LogP contribution in [0.2, 0.25) is 0 Å². The molecule has 0 aliphatic heterocycles. The highest BCUT2D eigenvalue weighted by atomic mass is 33.1. The van der Waals surface area contributed by atoms with Crippen molar-refractivity contribution in [3.63, 3.8) is 0 Å². The first-order chi connectivity index (χ1) is 31.6. The molecule has 0 bridgehead atoms. The van der Waals surface area contributed by atoms with Crippen LogP contribution < -0.4 is 0 Å². The second-order valence-corrected chi connectivity index (χ2v) is 23.4. The Balaban J connectivity index is 0.000000463. The van der Waals surface area contributed by atoms with Crippen LogP contribution in [0.25, 0.3) is 6.08 Å². The summed E-state index contributed by atoms with van der Waals surface area (Å²) in [4.78, 5) is 28.6. The van der Waals surface area contributed by atoms with Gasteiger partial charge in [0.1, 0.15) is 11.2 Å². The van der Waals surface area contributed by atoms with Crippen molar-refractivity contribution in [3.8, 4) is 0 Å². The van der Waals surface area contributed by atoms with E-state index in [2.05, 4.69) is 147 Å². The Morgan fingerprint density at radius 3 is 1.00 bits per heavy atom. The predicted octanol–water partition coefficient (Wildman–Crippen LogP) is 20.8. The fourth-order valence-electron chi connectivity index (χ4n) is 5.82. The van der Waals surface area contributed by atoms with Crippen LogP contribution in [-0.4, -0.2) is 21.8 Å². The van der Waals surface area contributed by atoms with Crippen molar-refractivity contribution in [3.05, 3.63) is 156 Å². The third-order valence-electron chi connectivity index (χ3n) is 10.8. The zero-order chi connectivity index (χ0) is 50.2. The standard InChI is InChI=1S/C20H26S2.C15H22O2S.C13H16O2S.C10H14S.H2/c1-5-15(3)17-7-11-19(12-8-17)21-22-20-13-9-18(10-14-20)16(4)6-2;1-6-11(2)12-7-9-13(10-8-12)18-14(16)17-15(3,4)5;1-5-10-6-8-11(9-7-10)16-12(14)15-13(2,3)4;1-3-8(2)9-4-6-10(11)7-5-9;/h7-16H,5-6H2,1-4H3;7-11H,6H2,1-5H3;5-9H,1H2,2-4H3;4-8,11H,3H2,1-2H3;1H/i;;;;1+1. The maximum absolute atomic E-state index is 11.6. The van der Waals surface area contributed by atoms with E-state index in [4.69, 9.17) is 9.47 Å². The van der Waals surface area contributed by atoms with E-state index < -0.39 is 11.2 Å². The Kier molecular flexibility index (Phi) is 27.5. The van der Waals surface area contributed by atoms with Crippen LogP contribution in [0.15, 0.2) is 152 Å². The molecule has 0 fully saturated rings. The van der Waals surface area contributed by atoms with Gasteiger partial charge < -0.3 is 9.47 Å². The quantitative estimate of drug-likeness (QED) is 0.0511. The van der Waals surface area contributed by atoms with Gasteiger partial charge in [0.25, 0.3) is 0 Å². The molecule has 4 atom stereocenters. The van der Waals surface area contributed by atoms with Crippen LogP contribution in [-0.2, 0) is 9.47 Å². The van der Waals surface area contributed by atoms with E-state index >= 15 is 0 Å². The molecule has 4 unspecified atom stereocenters. The van der Waals surface area contributed by atoms with Gasteiger partial charge in [-0.2, -0.15) is 0 Å². The Hall–Kier alpha value is -3.47. The van der Waals surface area contributed by atoms with Crippen molar-refractivity contribution in [1.29, 1.82) is 0 Å². The fraction of sp³-hybridized carbons (Fsp3) is 0.414. The van der Waals surface area contributed by atoms with Gasteiger partial charge >= 0.3 is 10.6 Å². The van der Waals surface area contributed by atoms with Crippen molar-refractivity contribution >= 4 is 74.4 Å². The minimum Gasteiger partial charge on any atom is -0.452 e. The number of hydrogen-bond acceptors (Lipinski definition) is 9. The first kappa shape index (κ1) is 59.7. The summed E-state index contributed by atoms with van der Waals surface area (Å²) in [5.41, 5.74) is 5.76. The Labute approximate surface area is 429 Å². The molecule has 0 saturated heterocycles.